The van der Waals surface area contributed by atoms with E-state index in [1.54, 1.807) is 9.47 Å². The molecule has 2 atom stereocenters. The van der Waals surface area contributed by atoms with Crippen LogP contribution in [0.25, 0.3) is 10.9 Å². The minimum atomic E-state index is -1.32. The molecular formula is C16H15ClFN3O3S. The number of carbonyl (C=O) groups is 1. The Bertz CT molecular complexity index is 993. The molecular weight excluding hydrogens is 369 g/mol. The van der Waals surface area contributed by atoms with Crippen LogP contribution < -0.4 is 16.1 Å². The van der Waals surface area contributed by atoms with Crippen LogP contribution in [0.1, 0.15) is 29.1 Å². The predicted octanol–water partition coefficient (Wildman–Crippen LogP) is 2.65. The molecule has 1 aromatic carbocycles. The summed E-state index contributed by atoms with van der Waals surface area (Å²) in [6.07, 6.45) is 0.732. The second-order valence-electron chi connectivity index (χ2n) is 6.31. The summed E-state index contributed by atoms with van der Waals surface area (Å²) in [7, 11) is 0. The van der Waals surface area contributed by atoms with Gasteiger partial charge in [0.1, 0.15) is 11.4 Å². The van der Waals surface area contributed by atoms with Crippen LogP contribution in [0.2, 0.25) is 5.02 Å². The number of pyridine rings is 1. The van der Waals surface area contributed by atoms with E-state index in [-0.39, 0.29) is 33.1 Å². The molecule has 2 aliphatic heterocycles. The molecule has 1 aromatic heterocycles. The molecule has 6 nitrogen and oxygen atoms in total. The number of aromatic nitrogens is 1. The van der Waals surface area contributed by atoms with E-state index in [0.29, 0.717) is 23.6 Å². The second kappa shape index (κ2) is 5.62. The van der Waals surface area contributed by atoms with E-state index in [2.05, 4.69) is 0 Å². The zero-order chi connectivity index (χ0) is 18.0. The number of fused-ring (bicyclic) bond motifs is 3. The average molecular weight is 384 g/mol. The topological polar surface area (TPSA) is 88.6 Å². The number of rotatable bonds is 2. The third-order valence-corrected chi connectivity index (χ3v) is 6.25. The number of hydrogen-bond acceptors (Lipinski definition) is 5. The predicted molar refractivity (Wildman–Crippen MR) is 95.5 cm³/mol. The fourth-order valence-corrected chi connectivity index (χ4v) is 5.10. The average Bonchev–Trinajstić information content (AvgIpc) is 2.94. The molecule has 4 rings (SSSR count). The summed E-state index contributed by atoms with van der Waals surface area (Å²) in [5.74, 6) is -1.96. The van der Waals surface area contributed by atoms with E-state index in [0.717, 1.165) is 12.5 Å². The van der Waals surface area contributed by atoms with Gasteiger partial charge in [-0.1, -0.05) is 23.4 Å². The van der Waals surface area contributed by atoms with Gasteiger partial charge >= 0.3 is 5.97 Å². The van der Waals surface area contributed by atoms with Gasteiger partial charge in [-0.3, -0.25) is 4.79 Å². The number of hydrogen-bond donors (Lipinski definition) is 2. The summed E-state index contributed by atoms with van der Waals surface area (Å²) in [5, 5.41) is 9.76. The quantitative estimate of drug-likeness (QED) is 0.828. The van der Waals surface area contributed by atoms with Crippen molar-refractivity contribution in [3.63, 3.8) is 0 Å². The van der Waals surface area contributed by atoms with E-state index in [1.165, 1.54) is 11.8 Å². The molecule has 3 N–H and O–H groups in total. The van der Waals surface area contributed by atoms with E-state index >= 15 is 0 Å². The molecule has 0 spiro atoms. The first-order chi connectivity index (χ1) is 11.8. The third-order valence-electron chi connectivity index (χ3n) is 4.71. The van der Waals surface area contributed by atoms with Crippen LogP contribution in [0.3, 0.4) is 0 Å². The Labute approximate surface area is 151 Å². The lowest BCUT2D eigenvalue weighted by molar-refractivity contribution is 0.0689. The molecule has 0 saturated carbocycles. The number of benzene rings is 1. The minimum absolute atomic E-state index is 0.0111. The van der Waals surface area contributed by atoms with Crippen LogP contribution in [0.4, 0.5) is 10.1 Å². The lowest BCUT2D eigenvalue weighted by atomic mass is 10.1. The van der Waals surface area contributed by atoms with Gasteiger partial charge in [0.25, 0.3) is 0 Å². The highest BCUT2D eigenvalue weighted by Crippen LogP contribution is 2.49. The largest absolute Gasteiger partial charge is 0.477 e. The number of aromatic carboxylic acids is 1. The highest BCUT2D eigenvalue weighted by atomic mass is 35.5. The number of carboxylic acids is 1. The Kier molecular flexibility index (Phi) is 3.75. The summed E-state index contributed by atoms with van der Waals surface area (Å²) >= 11 is 7.80. The molecule has 132 valence electrons. The zero-order valence-electron chi connectivity index (χ0n) is 13.3. The fourth-order valence-electron chi connectivity index (χ4n) is 3.56. The number of thioether (sulfide) groups is 1. The first-order valence-electron chi connectivity index (χ1n) is 7.82. The molecule has 2 aromatic rings. The van der Waals surface area contributed by atoms with Crippen molar-refractivity contribution in [3.05, 3.63) is 32.7 Å². The van der Waals surface area contributed by atoms with Gasteiger partial charge < -0.3 is 20.3 Å². The summed E-state index contributed by atoms with van der Waals surface area (Å²) in [4.78, 5) is 25.9. The highest BCUT2D eigenvalue weighted by molar-refractivity contribution is 8.00. The lowest BCUT2D eigenvalue weighted by Gasteiger charge is -2.34. The first-order valence-corrected chi connectivity index (χ1v) is 9.07. The van der Waals surface area contributed by atoms with Gasteiger partial charge in [-0.2, -0.15) is 0 Å². The van der Waals surface area contributed by atoms with Crippen molar-refractivity contribution in [2.75, 3.05) is 18.0 Å². The van der Waals surface area contributed by atoms with Crippen LogP contribution in [-0.4, -0.2) is 34.8 Å². The van der Waals surface area contributed by atoms with Crippen LogP contribution in [-0.2, 0) is 0 Å². The van der Waals surface area contributed by atoms with E-state index in [1.807, 2.05) is 6.92 Å². The van der Waals surface area contributed by atoms with Gasteiger partial charge in [0.2, 0.25) is 5.43 Å². The molecule has 3 heterocycles. The number of anilines is 1. The molecule has 0 aliphatic carbocycles. The Morgan fingerprint density at radius 2 is 2.24 bits per heavy atom. The Morgan fingerprint density at radius 1 is 1.52 bits per heavy atom. The monoisotopic (exact) mass is 383 g/mol. The molecule has 25 heavy (non-hydrogen) atoms. The standard InChI is InChI=1S/C16H15ClFN3O3S/c1-6-21-12-8(14(22)10(16(23)24)15(21)25-6)4-9(18)13(11(12)17)20-3-2-7(19)5-20/h4,6-7H,2-3,5,19H2,1H3,(H,23,24). The first kappa shape index (κ1) is 16.7. The normalized spacial score (nSPS) is 22.2. The molecule has 2 aliphatic rings. The van der Waals surface area contributed by atoms with Crippen molar-refractivity contribution in [2.45, 2.75) is 29.8 Å². The van der Waals surface area contributed by atoms with Crippen LogP contribution in [0, 0.1) is 5.82 Å². The van der Waals surface area contributed by atoms with Crippen LogP contribution in [0.5, 0.6) is 0 Å². The van der Waals surface area contributed by atoms with Crippen molar-refractivity contribution in [1.29, 1.82) is 0 Å². The Morgan fingerprint density at radius 3 is 2.80 bits per heavy atom. The maximum absolute atomic E-state index is 14.8. The van der Waals surface area contributed by atoms with Crippen LogP contribution in [0.15, 0.2) is 15.9 Å². The van der Waals surface area contributed by atoms with Crippen molar-refractivity contribution in [1.82, 2.24) is 4.57 Å². The second-order valence-corrected chi connectivity index (χ2v) is 8.00. The highest BCUT2D eigenvalue weighted by Gasteiger charge is 2.35. The number of halogens is 2. The lowest BCUT2D eigenvalue weighted by Crippen LogP contribution is -2.30. The van der Waals surface area contributed by atoms with Crippen molar-refractivity contribution < 1.29 is 14.3 Å². The molecule has 0 bridgehead atoms. The van der Waals surface area contributed by atoms with E-state index in [4.69, 9.17) is 17.3 Å². The minimum Gasteiger partial charge on any atom is -0.477 e. The van der Waals surface area contributed by atoms with Gasteiger partial charge in [0, 0.05) is 19.1 Å². The molecule has 1 saturated heterocycles. The summed E-state index contributed by atoms with van der Waals surface area (Å²) in [6.45, 7) is 2.94. The third kappa shape index (κ3) is 2.28. The zero-order valence-corrected chi connectivity index (χ0v) is 14.8. The fraction of sp³-hybridized carbons (Fsp3) is 0.375. The summed E-state index contributed by atoms with van der Waals surface area (Å²) in [5.41, 5.74) is 5.48. The smallest absolute Gasteiger partial charge is 0.342 e. The number of nitrogens with two attached hydrogens (primary N) is 1. The van der Waals surface area contributed by atoms with Gasteiger partial charge in [-0.05, 0) is 19.4 Å². The van der Waals surface area contributed by atoms with Gasteiger partial charge in [-0.15, -0.1) is 0 Å². The van der Waals surface area contributed by atoms with Crippen molar-refractivity contribution >= 4 is 45.9 Å². The SMILES string of the molecule is CC1Sc2c(C(=O)O)c(=O)c3cc(F)c(N4CCC(N)C4)c(Cl)c3n21. The Balaban J connectivity index is 2.07. The molecule has 0 amide bonds. The van der Waals surface area contributed by atoms with Crippen LogP contribution >= 0.6 is 23.4 Å². The van der Waals surface area contributed by atoms with Gasteiger partial charge in [0.05, 0.1) is 32.0 Å². The van der Waals surface area contributed by atoms with Crippen molar-refractivity contribution in [2.24, 2.45) is 5.73 Å². The number of nitrogens with zero attached hydrogens (tertiary/aromatic N) is 2. The molecule has 9 heteroatoms. The van der Waals surface area contributed by atoms with Gasteiger partial charge in [-0.25, -0.2) is 9.18 Å². The molecule has 2 unspecified atom stereocenters. The summed E-state index contributed by atoms with van der Waals surface area (Å²) in [6, 6.07) is 1.04. The maximum Gasteiger partial charge on any atom is 0.342 e. The molecule has 0 radical (unpaired) electrons. The van der Waals surface area contributed by atoms with E-state index in [9.17, 15) is 19.1 Å². The Hall–Kier alpha value is -1.77. The van der Waals surface area contributed by atoms with Gasteiger partial charge in [0.15, 0.2) is 0 Å². The molecule has 1 fully saturated rings. The van der Waals surface area contributed by atoms with Crippen molar-refractivity contribution in [3.8, 4) is 0 Å². The number of carboxylic acid groups (broad SMARTS) is 1. The maximum atomic E-state index is 14.8. The van der Waals surface area contributed by atoms with E-state index < -0.39 is 17.2 Å². The summed E-state index contributed by atoms with van der Waals surface area (Å²) < 4.78 is 16.5.